The summed E-state index contributed by atoms with van der Waals surface area (Å²) >= 11 is 6.39. The predicted octanol–water partition coefficient (Wildman–Crippen LogP) is 5.90. The lowest BCUT2D eigenvalue weighted by atomic mass is 9.90. The second-order valence-electron chi connectivity index (χ2n) is 10.9. The fraction of sp³-hybridized carbons (Fsp3) is 0.379. The number of halogens is 5. The van der Waals surface area contributed by atoms with Gasteiger partial charge in [-0.2, -0.15) is 23.0 Å². The quantitative estimate of drug-likeness (QED) is 0.374. The average Bonchev–Trinajstić information content (AvgIpc) is 3.44. The van der Waals surface area contributed by atoms with Crippen LogP contribution in [0.25, 0.3) is 11.3 Å². The number of likely N-dealkylation sites (tertiary alicyclic amines) is 1. The molecule has 0 radical (unpaired) electrons. The Morgan fingerprint density at radius 1 is 1.00 bits per heavy atom. The van der Waals surface area contributed by atoms with E-state index in [2.05, 4.69) is 5.10 Å². The first-order valence-corrected chi connectivity index (χ1v) is 13.9. The molecule has 2 aromatic carbocycles. The van der Waals surface area contributed by atoms with Crippen molar-refractivity contribution in [3.05, 3.63) is 75.2 Å². The molecular formula is C29H25ClF4N4O4. The van der Waals surface area contributed by atoms with Gasteiger partial charge in [0.25, 0.3) is 5.91 Å². The number of carboxylic acids is 1. The van der Waals surface area contributed by atoms with E-state index in [4.69, 9.17) is 11.6 Å². The van der Waals surface area contributed by atoms with Gasteiger partial charge in [-0.1, -0.05) is 23.7 Å². The first-order valence-electron chi connectivity index (χ1n) is 13.5. The normalized spacial score (nSPS) is 17.7. The summed E-state index contributed by atoms with van der Waals surface area (Å²) in [5.74, 6) is -3.14. The highest BCUT2D eigenvalue weighted by atomic mass is 35.5. The zero-order valence-corrected chi connectivity index (χ0v) is 22.9. The molecule has 8 nitrogen and oxygen atoms in total. The van der Waals surface area contributed by atoms with Gasteiger partial charge in [0.15, 0.2) is 0 Å². The number of carbonyl (C=O) groups excluding carboxylic acids is 2. The minimum Gasteiger partial charge on any atom is -0.478 e. The number of rotatable bonds is 4. The summed E-state index contributed by atoms with van der Waals surface area (Å²) < 4.78 is 58.7. The standard InChI is InChI=1S/C29H25ClF4N4O4/c30-20-5-3-4-19(28(9-10-28)29(32,33)34)23(20)25(39)38-22-15-37(27(42)36-11-1-2-12-36)13-8-18(22)24(35-38)17-7-6-16(26(40)41)14-21(17)31/h3-7,14H,1-2,8-13,15H2,(H,40,41). The number of amides is 2. The van der Waals surface area contributed by atoms with Crippen molar-refractivity contribution in [1.82, 2.24) is 19.6 Å². The number of carboxylic acid groups (broad SMARTS) is 1. The molecule has 1 saturated heterocycles. The summed E-state index contributed by atoms with van der Waals surface area (Å²) in [5, 5.41) is 13.5. The fourth-order valence-electron chi connectivity index (χ4n) is 5.99. The van der Waals surface area contributed by atoms with Gasteiger partial charge in [-0.05, 0) is 61.9 Å². The van der Waals surface area contributed by atoms with Gasteiger partial charge < -0.3 is 14.9 Å². The smallest absolute Gasteiger partial charge is 0.398 e. The third kappa shape index (κ3) is 4.52. The number of urea groups is 1. The van der Waals surface area contributed by atoms with Gasteiger partial charge >= 0.3 is 18.2 Å². The highest BCUT2D eigenvalue weighted by Gasteiger charge is 2.65. The van der Waals surface area contributed by atoms with Crippen LogP contribution in [0.3, 0.4) is 0 Å². The minimum absolute atomic E-state index is 0.0478. The number of benzene rings is 2. The molecule has 0 unspecified atom stereocenters. The first kappa shape index (κ1) is 28.2. The Kier molecular flexibility index (Phi) is 6.79. The SMILES string of the molecule is O=C(O)c1ccc(-c2nn(C(=O)c3c(Cl)cccc3C3(C(F)(F)F)CC3)c3c2CCN(C(=O)N2CCCC2)C3)c(F)c1. The highest BCUT2D eigenvalue weighted by molar-refractivity contribution is 6.34. The van der Waals surface area contributed by atoms with Crippen LogP contribution in [-0.4, -0.2) is 68.4 Å². The molecule has 3 aromatic rings. The summed E-state index contributed by atoms with van der Waals surface area (Å²) in [6.45, 7) is 1.35. The number of alkyl halides is 3. The molecule has 13 heteroatoms. The Morgan fingerprint density at radius 3 is 2.33 bits per heavy atom. The lowest BCUT2D eigenvalue weighted by Gasteiger charge is -2.31. The maximum Gasteiger partial charge on any atom is 0.398 e. The summed E-state index contributed by atoms with van der Waals surface area (Å²) in [4.78, 5) is 41.9. The molecule has 0 atom stereocenters. The van der Waals surface area contributed by atoms with Crippen molar-refractivity contribution in [3.8, 4) is 11.3 Å². The third-order valence-corrected chi connectivity index (χ3v) is 8.72. The number of nitrogens with zero attached hydrogens (tertiary/aromatic N) is 4. The van der Waals surface area contributed by atoms with Crippen molar-refractivity contribution in [3.63, 3.8) is 0 Å². The molecule has 3 heterocycles. The van der Waals surface area contributed by atoms with Gasteiger partial charge in [-0.25, -0.2) is 14.0 Å². The molecule has 1 saturated carbocycles. The second kappa shape index (κ2) is 10.1. The molecule has 2 aliphatic heterocycles. The van der Waals surface area contributed by atoms with Crippen LogP contribution in [0.4, 0.5) is 22.4 Å². The molecule has 1 N–H and O–H groups in total. The molecule has 1 aromatic heterocycles. The Labute approximate surface area is 242 Å². The Bertz CT molecular complexity index is 1630. The Hall–Kier alpha value is -3.93. The van der Waals surface area contributed by atoms with Crippen LogP contribution in [0.15, 0.2) is 36.4 Å². The molecule has 2 fully saturated rings. The van der Waals surface area contributed by atoms with Crippen molar-refractivity contribution >= 4 is 29.5 Å². The molecule has 3 aliphatic rings. The van der Waals surface area contributed by atoms with E-state index in [0.717, 1.165) is 23.6 Å². The van der Waals surface area contributed by atoms with Gasteiger partial charge in [-0.3, -0.25) is 4.79 Å². The lowest BCUT2D eigenvalue weighted by Crippen LogP contribution is -2.44. The predicted molar refractivity (Wildman–Crippen MR) is 143 cm³/mol. The van der Waals surface area contributed by atoms with Gasteiger partial charge in [0.1, 0.15) is 5.82 Å². The van der Waals surface area contributed by atoms with E-state index in [1.54, 1.807) is 9.80 Å². The van der Waals surface area contributed by atoms with Crippen LogP contribution in [0.2, 0.25) is 5.02 Å². The van der Waals surface area contributed by atoms with Crippen molar-refractivity contribution in [2.45, 2.75) is 50.2 Å². The molecule has 2 amide bonds. The number of hydrogen-bond donors (Lipinski definition) is 1. The second-order valence-corrected chi connectivity index (χ2v) is 11.3. The van der Waals surface area contributed by atoms with E-state index in [1.807, 2.05) is 0 Å². The van der Waals surface area contributed by atoms with Crippen LogP contribution in [0, 0.1) is 5.82 Å². The molecule has 6 rings (SSSR count). The van der Waals surface area contributed by atoms with E-state index in [0.29, 0.717) is 18.7 Å². The molecule has 42 heavy (non-hydrogen) atoms. The third-order valence-electron chi connectivity index (χ3n) is 8.41. The number of fused-ring (bicyclic) bond motifs is 1. The van der Waals surface area contributed by atoms with E-state index >= 15 is 4.39 Å². The van der Waals surface area contributed by atoms with Gasteiger partial charge in [0.05, 0.1) is 39.5 Å². The molecular weight excluding hydrogens is 580 g/mol. The molecule has 0 bridgehead atoms. The van der Waals surface area contributed by atoms with Gasteiger partial charge in [-0.15, -0.1) is 0 Å². The molecule has 0 spiro atoms. The molecule has 220 valence electrons. The van der Waals surface area contributed by atoms with Crippen molar-refractivity contribution in [2.24, 2.45) is 0 Å². The van der Waals surface area contributed by atoms with E-state index in [1.165, 1.54) is 30.3 Å². The average molecular weight is 605 g/mol. The number of carbonyl (C=O) groups is 3. The number of aromatic nitrogens is 2. The first-order chi connectivity index (χ1) is 19.9. The van der Waals surface area contributed by atoms with E-state index < -0.39 is 29.3 Å². The topological polar surface area (TPSA) is 95.7 Å². The monoisotopic (exact) mass is 604 g/mol. The fourth-order valence-corrected chi connectivity index (χ4v) is 6.25. The summed E-state index contributed by atoms with van der Waals surface area (Å²) in [6.07, 6.45) is -3.08. The van der Waals surface area contributed by atoms with Gasteiger partial charge in [0, 0.05) is 30.8 Å². The zero-order valence-electron chi connectivity index (χ0n) is 22.2. The van der Waals surface area contributed by atoms with Crippen LogP contribution in [0.1, 0.15) is 63.2 Å². The Morgan fingerprint density at radius 2 is 1.71 bits per heavy atom. The zero-order chi connectivity index (χ0) is 30.0. The lowest BCUT2D eigenvalue weighted by molar-refractivity contribution is -0.160. The number of aromatic carboxylic acids is 1. The maximum absolute atomic E-state index is 15.2. The highest BCUT2D eigenvalue weighted by Crippen LogP contribution is 2.60. The van der Waals surface area contributed by atoms with Crippen molar-refractivity contribution in [2.75, 3.05) is 19.6 Å². The maximum atomic E-state index is 15.2. The van der Waals surface area contributed by atoms with E-state index in [9.17, 15) is 32.7 Å². The summed E-state index contributed by atoms with van der Waals surface area (Å²) in [5.41, 5.74) is -2.45. The molecule has 1 aliphatic carbocycles. The minimum atomic E-state index is -4.62. The van der Waals surface area contributed by atoms with Crippen molar-refractivity contribution in [1.29, 1.82) is 0 Å². The van der Waals surface area contributed by atoms with Crippen molar-refractivity contribution < 1.29 is 37.1 Å². The Balaban J connectivity index is 1.49. The summed E-state index contributed by atoms with van der Waals surface area (Å²) in [7, 11) is 0. The summed E-state index contributed by atoms with van der Waals surface area (Å²) in [6, 6.07) is 6.97. The van der Waals surface area contributed by atoms with Crippen LogP contribution >= 0.6 is 11.6 Å². The van der Waals surface area contributed by atoms with Crippen LogP contribution < -0.4 is 0 Å². The number of hydrogen-bond acceptors (Lipinski definition) is 4. The van der Waals surface area contributed by atoms with Crippen LogP contribution in [-0.2, 0) is 18.4 Å². The van der Waals surface area contributed by atoms with Crippen LogP contribution in [0.5, 0.6) is 0 Å². The largest absolute Gasteiger partial charge is 0.478 e. The van der Waals surface area contributed by atoms with Gasteiger partial charge in [0.2, 0.25) is 0 Å². The van der Waals surface area contributed by atoms with E-state index in [-0.39, 0.29) is 77.0 Å².